The number of carbonyl (C=O) groups excluding carboxylic acids is 1. The molecule has 2 aromatic rings. The molecular formula is C23H29N3O3S. The van der Waals surface area contributed by atoms with Gasteiger partial charge in [0.1, 0.15) is 0 Å². The van der Waals surface area contributed by atoms with Crippen LogP contribution in [0.2, 0.25) is 0 Å². The molecule has 0 unspecified atom stereocenters. The van der Waals surface area contributed by atoms with Gasteiger partial charge in [-0.3, -0.25) is 9.78 Å². The molecule has 1 saturated carbocycles. The van der Waals surface area contributed by atoms with Crippen LogP contribution in [0.5, 0.6) is 0 Å². The highest BCUT2D eigenvalue weighted by Gasteiger charge is 2.39. The summed E-state index contributed by atoms with van der Waals surface area (Å²) in [6, 6.07) is 11.5. The molecule has 2 aliphatic rings. The van der Waals surface area contributed by atoms with E-state index in [0.29, 0.717) is 43.4 Å². The second-order valence-corrected chi connectivity index (χ2v) is 10.4. The van der Waals surface area contributed by atoms with Gasteiger partial charge in [-0.05, 0) is 63.3 Å². The minimum absolute atomic E-state index is 0.125. The molecule has 1 aromatic heterocycles. The lowest BCUT2D eigenvalue weighted by Crippen LogP contribution is -2.45. The molecule has 0 spiro atoms. The Bertz CT molecular complexity index is 1010. The van der Waals surface area contributed by atoms with Crippen LogP contribution in [0.4, 0.5) is 0 Å². The lowest BCUT2D eigenvalue weighted by atomic mass is 9.96. The maximum absolute atomic E-state index is 13.2. The maximum atomic E-state index is 13.2. The minimum atomic E-state index is -3.53. The lowest BCUT2D eigenvalue weighted by Gasteiger charge is -2.34. The summed E-state index contributed by atoms with van der Waals surface area (Å²) in [6.07, 6.45) is 4.96. The van der Waals surface area contributed by atoms with E-state index in [1.807, 2.05) is 49.1 Å². The Morgan fingerprint density at radius 1 is 1.10 bits per heavy atom. The number of nitrogens with zero attached hydrogens (tertiary/aromatic N) is 3. The first-order valence-corrected chi connectivity index (χ1v) is 12.1. The van der Waals surface area contributed by atoms with Crippen LogP contribution in [-0.2, 0) is 21.4 Å². The van der Waals surface area contributed by atoms with E-state index in [9.17, 15) is 13.2 Å². The topological polar surface area (TPSA) is 70.6 Å². The average Bonchev–Trinajstić information content (AvgIpc) is 3.57. The standard InChI is InChI=1S/C23H29N3O3S/c1-17-6-9-22(18(2)15-17)30(28,29)25-13-10-19(11-14-25)23(27)26(21-7-8-21)16-20-5-3-4-12-24-20/h3-6,9,12,15,19,21H,7-8,10-11,13-14,16H2,1-2H3. The Morgan fingerprint density at radius 2 is 1.83 bits per heavy atom. The van der Waals surface area contributed by atoms with Gasteiger partial charge in [0, 0.05) is 31.2 Å². The number of sulfonamides is 1. The third kappa shape index (κ3) is 4.42. The van der Waals surface area contributed by atoms with E-state index in [0.717, 1.165) is 29.7 Å². The van der Waals surface area contributed by atoms with Crippen LogP contribution in [-0.4, -0.2) is 47.6 Å². The van der Waals surface area contributed by atoms with Crippen molar-refractivity contribution in [1.29, 1.82) is 0 Å². The van der Waals surface area contributed by atoms with Crippen LogP contribution < -0.4 is 0 Å². The molecule has 1 amide bonds. The van der Waals surface area contributed by atoms with E-state index in [1.165, 1.54) is 4.31 Å². The number of aryl methyl sites for hydroxylation is 2. The van der Waals surface area contributed by atoms with E-state index in [2.05, 4.69) is 4.98 Å². The molecule has 1 aliphatic heterocycles. The van der Waals surface area contributed by atoms with Crippen molar-refractivity contribution < 1.29 is 13.2 Å². The Morgan fingerprint density at radius 3 is 2.43 bits per heavy atom. The minimum Gasteiger partial charge on any atom is -0.334 e. The van der Waals surface area contributed by atoms with Gasteiger partial charge in [0.2, 0.25) is 15.9 Å². The van der Waals surface area contributed by atoms with E-state index in [-0.39, 0.29) is 11.8 Å². The van der Waals surface area contributed by atoms with E-state index >= 15 is 0 Å². The third-order valence-corrected chi connectivity index (χ3v) is 8.14. The highest BCUT2D eigenvalue weighted by Crippen LogP contribution is 2.33. The number of hydrogen-bond donors (Lipinski definition) is 0. The molecule has 4 rings (SSSR count). The number of amides is 1. The number of hydrogen-bond acceptors (Lipinski definition) is 4. The fourth-order valence-electron chi connectivity index (χ4n) is 4.24. The van der Waals surface area contributed by atoms with Crippen LogP contribution in [0.25, 0.3) is 0 Å². The summed E-state index contributed by atoms with van der Waals surface area (Å²) in [5.41, 5.74) is 2.71. The third-order valence-electron chi connectivity index (χ3n) is 6.08. The summed E-state index contributed by atoms with van der Waals surface area (Å²) in [6.45, 7) is 5.09. The normalized spacial score (nSPS) is 18.3. The van der Waals surface area contributed by atoms with Gasteiger partial charge < -0.3 is 4.90 Å². The fraction of sp³-hybridized carbons (Fsp3) is 0.478. The first-order valence-electron chi connectivity index (χ1n) is 10.6. The number of piperidine rings is 1. The highest BCUT2D eigenvalue weighted by molar-refractivity contribution is 7.89. The molecule has 1 aromatic carbocycles. The molecule has 1 saturated heterocycles. The van der Waals surface area contributed by atoms with Crippen molar-refractivity contribution in [2.75, 3.05) is 13.1 Å². The quantitative estimate of drug-likeness (QED) is 0.709. The van der Waals surface area contributed by atoms with Gasteiger partial charge in [0.15, 0.2) is 0 Å². The molecule has 0 bridgehead atoms. The van der Waals surface area contributed by atoms with Gasteiger partial charge in [-0.2, -0.15) is 4.31 Å². The van der Waals surface area contributed by atoms with Gasteiger partial charge in [0.25, 0.3) is 0 Å². The number of benzene rings is 1. The average molecular weight is 428 g/mol. The molecule has 2 fully saturated rings. The predicted molar refractivity (Wildman–Crippen MR) is 115 cm³/mol. The molecule has 0 radical (unpaired) electrons. The predicted octanol–water partition coefficient (Wildman–Crippen LogP) is 3.29. The van der Waals surface area contributed by atoms with Crippen LogP contribution in [0, 0.1) is 19.8 Å². The van der Waals surface area contributed by atoms with Crippen molar-refractivity contribution in [3.63, 3.8) is 0 Å². The van der Waals surface area contributed by atoms with E-state index < -0.39 is 10.0 Å². The molecule has 0 N–H and O–H groups in total. The molecule has 6 nitrogen and oxygen atoms in total. The van der Waals surface area contributed by atoms with Crippen LogP contribution in [0.15, 0.2) is 47.5 Å². The van der Waals surface area contributed by atoms with Crippen molar-refractivity contribution in [2.45, 2.75) is 57.0 Å². The molecule has 30 heavy (non-hydrogen) atoms. The van der Waals surface area contributed by atoms with Crippen molar-refractivity contribution in [1.82, 2.24) is 14.2 Å². The second kappa shape index (κ2) is 8.47. The SMILES string of the molecule is Cc1ccc(S(=O)(=O)N2CCC(C(=O)N(Cc3ccccn3)C3CC3)CC2)c(C)c1. The first-order chi connectivity index (χ1) is 14.4. The van der Waals surface area contributed by atoms with Crippen molar-refractivity contribution in [3.05, 3.63) is 59.4 Å². The van der Waals surface area contributed by atoms with Gasteiger partial charge in [-0.25, -0.2) is 8.42 Å². The lowest BCUT2D eigenvalue weighted by molar-refractivity contribution is -0.138. The molecular weight excluding hydrogens is 398 g/mol. The monoisotopic (exact) mass is 427 g/mol. The summed E-state index contributed by atoms with van der Waals surface area (Å²) in [7, 11) is -3.53. The van der Waals surface area contributed by atoms with Crippen LogP contribution >= 0.6 is 0 Å². The molecule has 2 heterocycles. The summed E-state index contributed by atoms with van der Waals surface area (Å²) < 4.78 is 27.8. The second-order valence-electron chi connectivity index (χ2n) is 8.47. The van der Waals surface area contributed by atoms with Gasteiger partial charge in [0.05, 0.1) is 17.1 Å². The van der Waals surface area contributed by atoms with E-state index in [1.54, 1.807) is 12.3 Å². The zero-order valence-corrected chi connectivity index (χ0v) is 18.4. The Balaban J connectivity index is 1.42. The zero-order chi connectivity index (χ0) is 21.3. The van der Waals surface area contributed by atoms with Gasteiger partial charge in [-0.15, -0.1) is 0 Å². The first kappa shape index (κ1) is 21.0. The fourth-order valence-corrected chi connectivity index (χ4v) is 5.92. The summed E-state index contributed by atoms with van der Waals surface area (Å²) >= 11 is 0. The van der Waals surface area contributed by atoms with Crippen LogP contribution in [0.3, 0.4) is 0 Å². The van der Waals surface area contributed by atoms with Crippen molar-refractivity contribution in [2.24, 2.45) is 5.92 Å². The molecule has 1 aliphatic carbocycles. The maximum Gasteiger partial charge on any atom is 0.243 e. The van der Waals surface area contributed by atoms with Crippen LogP contribution in [0.1, 0.15) is 42.5 Å². The Labute approximate surface area is 179 Å². The smallest absolute Gasteiger partial charge is 0.243 e. The Kier molecular flexibility index (Phi) is 5.93. The number of aromatic nitrogens is 1. The molecule has 7 heteroatoms. The summed E-state index contributed by atoms with van der Waals surface area (Å²) in [4.78, 5) is 19.9. The van der Waals surface area contributed by atoms with Gasteiger partial charge >= 0.3 is 0 Å². The van der Waals surface area contributed by atoms with Crippen molar-refractivity contribution >= 4 is 15.9 Å². The number of carbonyl (C=O) groups is 1. The summed E-state index contributed by atoms with van der Waals surface area (Å²) in [5.74, 6) is 0.0200. The van der Waals surface area contributed by atoms with Gasteiger partial charge in [-0.1, -0.05) is 23.8 Å². The Hall–Kier alpha value is -2.25. The number of rotatable bonds is 6. The zero-order valence-electron chi connectivity index (χ0n) is 17.6. The number of pyridine rings is 1. The molecule has 160 valence electrons. The summed E-state index contributed by atoms with van der Waals surface area (Å²) in [5, 5.41) is 0. The van der Waals surface area contributed by atoms with Crippen molar-refractivity contribution in [3.8, 4) is 0 Å². The van der Waals surface area contributed by atoms with E-state index in [4.69, 9.17) is 0 Å². The molecule has 0 atom stereocenters. The largest absolute Gasteiger partial charge is 0.334 e. The highest BCUT2D eigenvalue weighted by atomic mass is 32.2.